The van der Waals surface area contributed by atoms with Gasteiger partial charge in [0.15, 0.2) is 10.4 Å². The van der Waals surface area contributed by atoms with Gasteiger partial charge >= 0.3 is 5.97 Å². The number of carbonyl (C=O) groups excluding carboxylic acids is 1. The molecule has 10 nitrogen and oxygen atoms in total. The summed E-state index contributed by atoms with van der Waals surface area (Å²) in [6.07, 6.45) is 0.634. The van der Waals surface area contributed by atoms with Crippen LogP contribution in [0.2, 0.25) is 0 Å². The molecular weight excluding hydrogens is 424 g/mol. The molecule has 1 aromatic carbocycles. The third kappa shape index (κ3) is 3.87. The van der Waals surface area contributed by atoms with E-state index in [0.29, 0.717) is 52.3 Å². The highest BCUT2D eigenvalue weighted by molar-refractivity contribution is 7.71. The molecule has 0 aliphatic rings. The lowest BCUT2D eigenvalue weighted by Gasteiger charge is -2.07. The van der Waals surface area contributed by atoms with E-state index in [2.05, 4.69) is 5.10 Å². The van der Waals surface area contributed by atoms with Crippen LogP contribution in [0.15, 0.2) is 45.6 Å². The van der Waals surface area contributed by atoms with Crippen molar-refractivity contribution in [2.24, 2.45) is 0 Å². The molecule has 0 unspecified atom stereocenters. The van der Waals surface area contributed by atoms with Crippen molar-refractivity contribution < 1.29 is 18.9 Å². The zero-order chi connectivity index (χ0) is 22.1. The average molecular weight is 442 g/mol. The van der Waals surface area contributed by atoms with Crippen molar-refractivity contribution in [2.45, 2.75) is 26.3 Å². The third-order valence-electron chi connectivity index (χ3n) is 4.82. The minimum atomic E-state index is -0.469. The topological polar surface area (TPSA) is 125 Å². The first kappa shape index (κ1) is 20.5. The highest BCUT2D eigenvalue weighted by Crippen LogP contribution is 2.30. The van der Waals surface area contributed by atoms with Gasteiger partial charge in [0, 0.05) is 42.8 Å². The zero-order valence-electron chi connectivity index (χ0n) is 16.5. The highest BCUT2D eigenvalue weighted by atomic mass is 32.1. The van der Waals surface area contributed by atoms with Gasteiger partial charge in [-0.3, -0.25) is 29.2 Å². The summed E-state index contributed by atoms with van der Waals surface area (Å²) in [6.45, 7) is 2.35. The number of aromatic nitrogens is 3. The van der Waals surface area contributed by atoms with Crippen molar-refractivity contribution in [1.29, 1.82) is 0 Å². The van der Waals surface area contributed by atoms with Gasteiger partial charge in [0.2, 0.25) is 0 Å². The molecule has 160 valence electrons. The van der Waals surface area contributed by atoms with Crippen molar-refractivity contribution >= 4 is 40.5 Å². The molecule has 11 heteroatoms. The number of fused-ring (bicyclic) bond motifs is 3. The Balaban J connectivity index is 1.67. The van der Waals surface area contributed by atoms with E-state index in [4.69, 9.17) is 21.4 Å². The Bertz CT molecular complexity index is 1410. The maximum atomic E-state index is 12.8. The Labute approximate surface area is 179 Å². The van der Waals surface area contributed by atoms with Crippen LogP contribution in [0.1, 0.15) is 19.8 Å². The average Bonchev–Trinajstić information content (AvgIpc) is 3.30. The first-order chi connectivity index (χ1) is 14.9. The van der Waals surface area contributed by atoms with Crippen LogP contribution in [-0.2, 0) is 16.1 Å². The number of H-pyrrole nitrogens is 1. The summed E-state index contributed by atoms with van der Waals surface area (Å²) in [5.41, 5.74) is 1.79. The normalized spacial score (nSPS) is 11.3. The highest BCUT2D eigenvalue weighted by Gasteiger charge is 2.16. The zero-order valence-corrected chi connectivity index (χ0v) is 17.3. The second-order valence-corrected chi connectivity index (χ2v) is 7.20. The molecule has 4 aromatic rings. The van der Waals surface area contributed by atoms with Crippen LogP contribution < -0.4 is 5.56 Å². The van der Waals surface area contributed by atoms with E-state index >= 15 is 0 Å². The van der Waals surface area contributed by atoms with Gasteiger partial charge in [0.1, 0.15) is 11.3 Å². The number of nitro groups is 1. The van der Waals surface area contributed by atoms with Crippen LogP contribution in [-0.4, -0.2) is 31.7 Å². The van der Waals surface area contributed by atoms with Gasteiger partial charge in [-0.2, -0.15) is 0 Å². The predicted octanol–water partition coefficient (Wildman–Crippen LogP) is 3.82. The first-order valence-corrected chi connectivity index (χ1v) is 9.98. The number of ether oxygens (including phenoxy) is 1. The van der Waals surface area contributed by atoms with Crippen molar-refractivity contribution in [3.05, 3.63) is 61.6 Å². The number of aromatic amines is 1. The molecule has 0 saturated heterocycles. The number of non-ortho nitro benzene ring substituents is 1. The number of nitrogens with zero attached hydrogens (tertiary/aromatic N) is 3. The van der Waals surface area contributed by atoms with Crippen LogP contribution in [0.5, 0.6) is 0 Å². The number of aryl methyl sites for hydroxylation is 1. The summed E-state index contributed by atoms with van der Waals surface area (Å²) in [5, 5.41) is 13.7. The van der Waals surface area contributed by atoms with Gasteiger partial charge < -0.3 is 9.15 Å². The number of benzene rings is 1. The fourth-order valence-electron chi connectivity index (χ4n) is 3.38. The van der Waals surface area contributed by atoms with E-state index in [1.165, 1.54) is 16.8 Å². The molecule has 0 atom stereocenters. The van der Waals surface area contributed by atoms with Gasteiger partial charge in [-0.1, -0.05) is 0 Å². The summed E-state index contributed by atoms with van der Waals surface area (Å²) in [7, 11) is 0. The molecule has 0 fully saturated rings. The number of furan rings is 1. The van der Waals surface area contributed by atoms with Crippen molar-refractivity contribution in [1.82, 2.24) is 14.2 Å². The van der Waals surface area contributed by atoms with Gasteiger partial charge in [0.05, 0.1) is 17.0 Å². The fraction of sp³-hybridized carbons (Fsp3) is 0.250. The molecule has 0 radical (unpaired) electrons. The van der Waals surface area contributed by atoms with Crippen molar-refractivity contribution in [3.8, 4) is 11.3 Å². The lowest BCUT2D eigenvalue weighted by Crippen LogP contribution is -2.25. The number of rotatable bonds is 7. The van der Waals surface area contributed by atoms with Crippen LogP contribution >= 0.6 is 12.2 Å². The molecule has 3 aromatic heterocycles. The quantitative estimate of drug-likeness (QED) is 0.200. The van der Waals surface area contributed by atoms with E-state index in [9.17, 15) is 19.7 Å². The Morgan fingerprint density at radius 3 is 2.68 bits per heavy atom. The Hall–Kier alpha value is -3.73. The number of nitrogens with one attached hydrogen (secondary N) is 1. The molecule has 0 aliphatic heterocycles. The SMILES string of the molecule is CCOC(=O)CCCn1[nH]c(=S)n2c(cc3oc(-c4ccc([N+](=O)[O-])cc4)cc32)c1=O. The first-order valence-electron chi connectivity index (χ1n) is 9.57. The molecule has 3 heterocycles. The molecule has 31 heavy (non-hydrogen) atoms. The Morgan fingerprint density at radius 2 is 2.00 bits per heavy atom. The molecule has 1 N–H and O–H groups in total. The molecule has 0 spiro atoms. The molecular formula is C20H18N4O6S. The second kappa shape index (κ2) is 8.19. The summed E-state index contributed by atoms with van der Waals surface area (Å²) >= 11 is 5.44. The maximum absolute atomic E-state index is 12.8. The molecule has 0 amide bonds. The van der Waals surface area contributed by atoms with Gasteiger partial charge in [-0.05, 0) is 37.7 Å². The van der Waals surface area contributed by atoms with Crippen LogP contribution in [0.25, 0.3) is 27.9 Å². The van der Waals surface area contributed by atoms with E-state index in [0.717, 1.165) is 0 Å². The van der Waals surface area contributed by atoms with Gasteiger partial charge in [-0.15, -0.1) is 0 Å². The second-order valence-electron chi connectivity index (χ2n) is 6.81. The predicted molar refractivity (Wildman–Crippen MR) is 115 cm³/mol. The molecule has 4 rings (SSSR count). The number of hydrogen-bond acceptors (Lipinski definition) is 7. The van der Waals surface area contributed by atoms with Crippen LogP contribution in [0.3, 0.4) is 0 Å². The standard InChI is InChI=1S/C20H18N4O6S/c1-2-29-18(25)4-3-9-22-19(26)15-11-17-14(23(15)20(31)21-22)10-16(30-17)12-5-7-13(8-6-12)24(27)28/h5-8,10-11H,2-4,9H2,1H3,(H,21,31). The largest absolute Gasteiger partial charge is 0.466 e. The lowest BCUT2D eigenvalue weighted by atomic mass is 10.1. The summed E-state index contributed by atoms with van der Waals surface area (Å²) in [5.74, 6) is 0.191. The van der Waals surface area contributed by atoms with Crippen LogP contribution in [0, 0.1) is 14.9 Å². The fourth-order valence-corrected chi connectivity index (χ4v) is 3.69. The summed E-state index contributed by atoms with van der Waals surface area (Å²) < 4.78 is 14.0. The van der Waals surface area contributed by atoms with Crippen LogP contribution in [0.4, 0.5) is 5.69 Å². The molecule has 0 saturated carbocycles. The number of carbonyl (C=O) groups is 1. The lowest BCUT2D eigenvalue weighted by molar-refractivity contribution is -0.384. The minimum absolute atomic E-state index is 0.0138. The number of nitro benzene ring substituents is 1. The van der Waals surface area contributed by atoms with E-state index in [1.807, 2.05) is 0 Å². The molecule has 0 aliphatic carbocycles. The summed E-state index contributed by atoms with van der Waals surface area (Å²) in [6, 6.07) is 9.33. The maximum Gasteiger partial charge on any atom is 0.305 e. The van der Waals surface area contributed by atoms with Gasteiger partial charge in [0.25, 0.3) is 11.2 Å². The van der Waals surface area contributed by atoms with Gasteiger partial charge in [-0.25, -0.2) is 4.68 Å². The van der Waals surface area contributed by atoms with Crippen molar-refractivity contribution in [2.75, 3.05) is 6.61 Å². The van der Waals surface area contributed by atoms with E-state index < -0.39 is 4.92 Å². The minimum Gasteiger partial charge on any atom is -0.466 e. The smallest absolute Gasteiger partial charge is 0.305 e. The van der Waals surface area contributed by atoms with E-state index in [-0.39, 0.29) is 23.6 Å². The monoisotopic (exact) mass is 442 g/mol. The van der Waals surface area contributed by atoms with E-state index in [1.54, 1.807) is 35.6 Å². The number of esters is 1. The number of hydrogen-bond donors (Lipinski definition) is 1. The van der Waals surface area contributed by atoms with Crippen molar-refractivity contribution in [3.63, 3.8) is 0 Å². The molecule has 0 bridgehead atoms. The Kier molecular flexibility index (Phi) is 5.42. The third-order valence-corrected chi connectivity index (χ3v) is 5.09. The Morgan fingerprint density at radius 1 is 1.26 bits per heavy atom. The summed E-state index contributed by atoms with van der Waals surface area (Å²) in [4.78, 5) is 34.7.